The number of halogens is 1. The predicted molar refractivity (Wildman–Crippen MR) is 58.7 cm³/mol. The van der Waals surface area contributed by atoms with Crippen LogP contribution in [-0.2, 0) is 0 Å². The first-order valence-corrected chi connectivity index (χ1v) is 4.78. The summed E-state index contributed by atoms with van der Waals surface area (Å²) in [5.74, 6) is 0. The molecule has 0 aliphatic carbocycles. The highest BCUT2D eigenvalue weighted by molar-refractivity contribution is 6.31. The molecule has 0 aliphatic rings. The molecule has 0 atom stereocenters. The summed E-state index contributed by atoms with van der Waals surface area (Å²) in [4.78, 5) is 0. The average Bonchev–Trinajstić information content (AvgIpc) is 2.65. The van der Waals surface area contributed by atoms with Crippen LogP contribution >= 0.6 is 11.6 Å². The minimum absolute atomic E-state index is 0.756. The standard InChI is InChI=1S/C12H7ClO/c13-9-3-1-8-2-4-12-10(5-6-14-12)11(8)7-9/h1-7H. The Bertz CT molecular complexity index is 610. The Kier molecular flexibility index (Phi) is 1.55. The quantitative estimate of drug-likeness (QED) is 0.532. The van der Waals surface area contributed by atoms with Crippen molar-refractivity contribution in [3.63, 3.8) is 0 Å². The van der Waals surface area contributed by atoms with E-state index < -0.39 is 0 Å². The summed E-state index contributed by atoms with van der Waals surface area (Å²) in [7, 11) is 0. The normalized spacial score (nSPS) is 11.2. The van der Waals surface area contributed by atoms with Gasteiger partial charge in [0.1, 0.15) is 5.58 Å². The zero-order valence-electron chi connectivity index (χ0n) is 7.33. The average molecular weight is 203 g/mol. The lowest BCUT2D eigenvalue weighted by Crippen LogP contribution is -1.73. The SMILES string of the molecule is Clc1ccc2ccc3occc3c2c1. The van der Waals surface area contributed by atoms with Crippen LogP contribution in [0.15, 0.2) is 47.1 Å². The van der Waals surface area contributed by atoms with Crippen LogP contribution in [0.5, 0.6) is 0 Å². The molecule has 3 aromatic rings. The molecule has 0 spiro atoms. The van der Waals surface area contributed by atoms with Crippen LogP contribution in [0.3, 0.4) is 0 Å². The Hall–Kier alpha value is -1.47. The van der Waals surface area contributed by atoms with E-state index in [1.54, 1.807) is 6.26 Å². The zero-order valence-corrected chi connectivity index (χ0v) is 8.08. The lowest BCUT2D eigenvalue weighted by atomic mass is 10.1. The van der Waals surface area contributed by atoms with Gasteiger partial charge in [-0.25, -0.2) is 0 Å². The van der Waals surface area contributed by atoms with Gasteiger partial charge >= 0.3 is 0 Å². The number of hydrogen-bond acceptors (Lipinski definition) is 1. The molecule has 0 fully saturated rings. The topological polar surface area (TPSA) is 13.1 Å². The summed E-state index contributed by atoms with van der Waals surface area (Å²) in [6.45, 7) is 0. The molecule has 2 heteroatoms. The molecule has 0 N–H and O–H groups in total. The molecule has 68 valence electrons. The molecule has 1 nitrogen and oxygen atoms in total. The molecule has 2 aromatic carbocycles. The van der Waals surface area contributed by atoms with E-state index in [0.29, 0.717) is 0 Å². The van der Waals surface area contributed by atoms with Crippen LogP contribution in [-0.4, -0.2) is 0 Å². The van der Waals surface area contributed by atoms with Crippen LogP contribution in [0.2, 0.25) is 5.02 Å². The summed E-state index contributed by atoms with van der Waals surface area (Å²) in [6.07, 6.45) is 1.70. The first-order valence-electron chi connectivity index (χ1n) is 4.40. The molecule has 0 bridgehead atoms. The fourth-order valence-corrected chi connectivity index (χ4v) is 1.92. The summed E-state index contributed by atoms with van der Waals surface area (Å²) in [5, 5.41) is 4.20. The lowest BCUT2D eigenvalue weighted by molar-refractivity contribution is 0.616. The number of benzene rings is 2. The van der Waals surface area contributed by atoms with Crippen LogP contribution in [0, 0.1) is 0 Å². The first kappa shape index (κ1) is 7.89. The monoisotopic (exact) mass is 202 g/mol. The van der Waals surface area contributed by atoms with Crippen molar-refractivity contribution in [3.8, 4) is 0 Å². The van der Waals surface area contributed by atoms with Gasteiger partial charge in [-0.1, -0.05) is 23.7 Å². The molecule has 14 heavy (non-hydrogen) atoms. The maximum Gasteiger partial charge on any atom is 0.134 e. The Labute approximate surface area is 85.9 Å². The Morgan fingerprint density at radius 1 is 0.929 bits per heavy atom. The molecule has 3 rings (SSSR count). The van der Waals surface area contributed by atoms with Gasteiger partial charge in [0.2, 0.25) is 0 Å². The summed E-state index contributed by atoms with van der Waals surface area (Å²) < 4.78 is 5.32. The Morgan fingerprint density at radius 3 is 2.71 bits per heavy atom. The minimum atomic E-state index is 0.756. The second-order valence-corrected chi connectivity index (χ2v) is 3.70. The molecule has 1 aromatic heterocycles. The maximum absolute atomic E-state index is 5.96. The summed E-state index contributed by atoms with van der Waals surface area (Å²) in [5.41, 5.74) is 0.903. The molecule has 0 aliphatic heterocycles. The van der Waals surface area contributed by atoms with Gasteiger partial charge in [-0.15, -0.1) is 0 Å². The van der Waals surface area contributed by atoms with Crippen molar-refractivity contribution in [3.05, 3.63) is 47.7 Å². The van der Waals surface area contributed by atoms with E-state index in [9.17, 15) is 0 Å². The number of fused-ring (bicyclic) bond motifs is 3. The zero-order chi connectivity index (χ0) is 9.54. The Balaban J connectivity index is 2.60. The van der Waals surface area contributed by atoms with Gasteiger partial charge in [-0.2, -0.15) is 0 Å². The van der Waals surface area contributed by atoms with Gasteiger partial charge in [0.25, 0.3) is 0 Å². The third kappa shape index (κ3) is 1.03. The fourth-order valence-electron chi connectivity index (χ4n) is 1.75. The van der Waals surface area contributed by atoms with Crippen LogP contribution in [0.4, 0.5) is 0 Å². The van der Waals surface area contributed by atoms with Crippen molar-refractivity contribution in [1.82, 2.24) is 0 Å². The predicted octanol–water partition coefficient (Wildman–Crippen LogP) is 4.24. The maximum atomic E-state index is 5.96. The van der Waals surface area contributed by atoms with Gasteiger partial charge in [0.05, 0.1) is 6.26 Å². The van der Waals surface area contributed by atoms with Crippen molar-refractivity contribution in [2.75, 3.05) is 0 Å². The fraction of sp³-hybridized carbons (Fsp3) is 0. The highest BCUT2D eigenvalue weighted by atomic mass is 35.5. The van der Waals surface area contributed by atoms with Gasteiger partial charge in [0, 0.05) is 10.4 Å². The molecule has 0 amide bonds. The van der Waals surface area contributed by atoms with Crippen molar-refractivity contribution in [1.29, 1.82) is 0 Å². The third-order valence-corrected chi connectivity index (χ3v) is 2.65. The summed E-state index contributed by atoms with van der Waals surface area (Å²) in [6, 6.07) is 11.9. The van der Waals surface area contributed by atoms with Crippen LogP contribution in [0.25, 0.3) is 21.7 Å². The highest BCUT2D eigenvalue weighted by Gasteiger charge is 2.02. The molecule has 0 saturated carbocycles. The van der Waals surface area contributed by atoms with Gasteiger partial charge in [-0.3, -0.25) is 0 Å². The van der Waals surface area contributed by atoms with E-state index in [-0.39, 0.29) is 0 Å². The second-order valence-electron chi connectivity index (χ2n) is 3.26. The Morgan fingerprint density at radius 2 is 1.79 bits per heavy atom. The number of rotatable bonds is 0. The van der Waals surface area contributed by atoms with E-state index >= 15 is 0 Å². The molecular formula is C12H7ClO. The van der Waals surface area contributed by atoms with Crippen molar-refractivity contribution in [2.45, 2.75) is 0 Å². The van der Waals surface area contributed by atoms with Gasteiger partial charge in [0.15, 0.2) is 0 Å². The van der Waals surface area contributed by atoms with Crippen molar-refractivity contribution < 1.29 is 4.42 Å². The molecule has 1 heterocycles. The first-order chi connectivity index (χ1) is 6.84. The van der Waals surface area contributed by atoms with E-state index in [1.807, 2.05) is 36.4 Å². The largest absolute Gasteiger partial charge is 0.464 e. The van der Waals surface area contributed by atoms with E-state index in [1.165, 1.54) is 5.39 Å². The summed E-state index contributed by atoms with van der Waals surface area (Å²) >= 11 is 5.96. The van der Waals surface area contributed by atoms with Crippen molar-refractivity contribution in [2.24, 2.45) is 0 Å². The van der Waals surface area contributed by atoms with Gasteiger partial charge < -0.3 is 4.42 Å². The van der Waals surface area contributed by atoms with E-state index in [0.717, 1.165) is 21.4 Å². The van der Waals surface area contributed by atoms with Crippen LogP contribution in [0.1, 0.15) is 0 Å². The highest BCUT2D eigenvalue weighted by Crippen LogP contribution is 2.28. The van der Waals surface area contributed by atoms with E-state index in [4.69, 9.17) is 16.0 Å². The van der Waals surface area contributed by atoms with Gasteiger partial charge in [-0.05, 0) is 35.0 Å². The number of furan rings is 1. The lowest BCUT2D eigenvalue weighted by Gasteiger charge is -1.98. The third-order valence-electron chi connectivity index (χ3n) is 2.41. The molecule has 0 saturated heterocycles. The minimum Gasteiger partial charge on any atom is -0.464 e. The van der Waals surface area contributed by atoms with Crippen LogP contribution < -0.4 is 0 Å². The van der Waals surface area contributed by atoms with Crippen molar-refractivity contribution >= 4 is 33.3 Å². The second kappa shape index (κ2) is 2.76. The molecule has 0 unspecified atom stereocenters. The smallest absolute Gasteiger partial charge is 0.134 e. The molecule has 0 radical (unpaired) electrons. The van der Waals surface area contributed by atoms with E-state index in [2.05, 4.69) is 0 Å². The molecular weight excluding hydrogens is 196 g/mol. The number of hydrogen-bond donors (Lipinski definition) is 0.